The smallest absolute Gasteiger partial charge is 0.309 e. The maximum Gasteiger partial charge on any atom is 0.309 e. The first-order valence-corrected chi connectivity index (χ1v) is 9.38. The van der Waals surface area contributed by atoms with E-state index in [1.54, 1.807) is 0 Å². The normalized spacial score (nSPS) is 52.2. The Kier molecular flexibility index (Phi) is 3.10. The van der Waals surface area contributed by atoms with Crippen LogP contribution >= 0.6 is 0 Å². The average Bonchev–Trinajstić information content (AvgIpc) is 3.20. The van der Waals surface area contributed by atoms with Gasteiger partial charge in [0.2, 0.25) is 0 Å². The van der Waals surface area contributed by atoms with E-state index in [4.69, 9.17) is 0 Å². The van der Waals surface area contributed by atoms with Crippen molar-refractivity contribution in [2.45, 2.75) is 59.3 Å². The van der Waals surface area contributed by atoms with E-state index in [2.05, 4.69) is 26.0 Å². The van der Waals surface area contributed by atoms with E-state index in [0.717, 1.165) is 18.3 Å². The number of hydrogen-bond acceptors (Lipinski definition) is 1. The van der Waals surface area contributed by atoms with Crippen LogP contribution in [0.3, 0.4) is 0 Å². The molecule has 4 aliphatic carbocycles. The van der Waals surface area contributed by atoms with Gasteiger partial charge in [-0.05, 0) is 67.1 Å². The number of hydrogen-bond donors (Lipinski definition) is 1. The molecule has 0 heterocycles. The van der Waals surface area contributed by atoms with Gasteiger partial charge in [0.25, 0.3) is 0 Å². The van der Waals surface area contributed by atoms with Gasteiger partial charge in [-0.15, -0.1) is 0 Å². The molecule has 1 N–H and O–H groups in total. The van der Waals surface area contributed by atoms with Gasteiger partial charge >= 0.3 is 5.97 Å². The third-order valence-electron chi connectivity index (χ3n) is 8.30. The second-order valence-corrected chi connectivity index (χ2v) is 8.93. The Labute approximate surface area is 134 Å². The van der Waals surface area contributed by atoms with Crippen molar-refractivity contribution in [1.82, 2.24) is 0 Å². The van der Waals surface area contributed by atoms with Gasteiger partial charge in [-0.2, -0.15) is 0 Å². The summed E-state index contributed by atoms with van der Waals surface area (Å²) in [6.45, 7) is 6.80. The minimum atomic E-state index is -0.540. The molecule has 0 aliphatic heterocycles. The monoisotopic (exact) mass is 302 g/mol. The highest BCUT2D eigenvalue weighted by molar-refractivity contribution is 5.75. The minimum absolute atomic E-state index is 0.416. The second kappa shape index (κ2) is 4.61. The van der Waals surface area contributed by atoms with Crippen LogP contribution in [0, 0.1) is 46.3 Å². The van der Waals surface area contributed by atoms with Gasteiger partial charge in [0.1, 0.15) is 0 Å². The van der Waals surface area contributed by atoms with Crippen LogP contribution in [0.5, 0.6) is 0 Å². The summed E-state index contributed by atoms with van der Waals surface area (Å²) in [5.74, 6) is 3.33. The number of carboxylic acids is 1. The molecule has 2 heteroatoms. The molecule has 8 unspecified atom stereocenters. The van der Waals surface area contributed by atoms with Crippen LogP contribution in [-0.2, 0) is 4.79 Å². The van der Waals surface area contributed by atoms with E-state index >= 15 is 0 Å². The molecule has 4 rings (SSSR count). The molecule has 0 aromatic rings. The van der Waals surface area contributed by atoms with Crippen molar-refractivity contribution in [2.75, 3.05) is 0 Å². The first-order valence-electron chi connectivity index (χ1n) is 9.38. The zero-order valence-corrected chi connectivity index (χ0v) is 14.2. The standard InChI is InChI=1S/C20H30O2/c1-4-5-6-12(2)20-14-8-7-13(9-14)17(20)16-10-15(20)11-19(16,3)18(21)22/h7-8,12-17H,4-6,9-11H2,1-3H3,(H,21,22). The van der Waals surface area contributed by atoms with Crippen molar-refractivity contribution in [3.63, 3.8) is 0 Å². The predicted molar refractivity (Wildman–Crippen MR) is 87.3 cm³/mol. The summed E-state index contributed by atoms with van der Waals surface area (Å²) >= 11 is 0. The maximum atomic E-state index is 11.9. The molecule has 0 amide bonds. The van der Waals surface area contributed by atoms with Crippen molar-refractivity contribution in [1.29, 1.82) is 0 Å². The van der Waals surface area contributed by atoms with Crippen LogP contribution in [0.1, 0.15) is 59.3 Å². The fourth-order valence-corrected chi connectivity index (χ4v) is 7.54. The van der Waals surface area contributed by atoms with Crippen molar-refractivity contribution >= 4 is 5.97 Å². The molecule has 0 saturated heterocycles. The predicted octanol–water partition coefficient (Wildman–Crippen LogP) is 4.75. The highest BCUT2D eigenvalue weighted by Gasteiger charge is 2.74. The zero-order valence-electron chi connectivity index (χ0n) is 14.2. The summed E-state index contributed by atoms with van der Waals surface area (Å²) in [6, 6.07) is 0. The molecule has 4 aliphatic rings. The van der Waals surface area contributed by atoms with Crippen LogP contribution in [0.4, 0.5) is 0 Å². The van der Waals surface area contributed by atoms with E-state index in [-0.39, 0.29) is 0 Å². The Hall–Kier alpha value is -0.790. The molecule has 0 spiro atoms. The van der Waals surface area contributed by atoms with Gasteiger partial charge in [0.05, 0.1) is 5.41 Å². The van der Waals surface area contributed by atoms with Crippen molar-refractivity contribution in [2.24, 2.45) is 46.3 Å². The summed E-state index contributed by atoms with van der Waals surface area (Å²) in [7, 11) is 0. The second-order valence-electron chi connectivity index (χ2n) is 8.93. The van der Waals surface area contributed by atoms with Gasteiger partial charge in [-0.3, -0.25) is 4.79 Å². The van der Waals surface area contributed by atoms with Gasteiger partial charge < -0.3 is 5.11 Å². The third-order valence-corrected chi connectivity index (χ3v) is 8.30. The Morgan fingerprint density at radius 1 is 1.36 bits per heavy atom. The molecule has 4 bridgehead atoms. The lowest BCUT2D eigenvalue weighted by Crippen LogP contribution is -2.51. The number of fused-ring (bicyclic) bond motifs is 9. The highest BCUT2D eigenvalue weighted by Crippen LogP contribution is 2.78. The number of carboxylic acid groups (broad SMARTS) is 1. The fourth-order valence-electron chi connectivity index (χ4n) is 7.54. The minimum Gasteiger partial charge on any atom is -0.481 e. The molecule has 3 fully saturated rings. The summed E-state index contributed by atoms with van der Waals surface area (Å²) < 4.78 is 0. The van der Waals surface area contributed by atoms with E-state index in [9.17, 15) is 9.90 Å². The molecular formula is C20H30O2. The number of aliphatic carboxylic acids is 1. The van der Waals surface area contributed by atoms with Gasteiger partial charge in [-0.1, -0.05) is 45.3 Å². The summed E-state index contributed by atoms with van der Waals surface area (Å²) in [6.07, 6.45) is 12.3. The molecular weight excluding hydrogens is 272 g/mol. The van der Waals surface area contributed by atoms with Gasteiger partial charge in [0, 0.05) is 0 Å². The van der Waals surface area contributed by atoms with E-state index < -0.39 is 11.4 Å². The lowest BCUT2D eigenvalue weighted by Gasteiger charge is -2.53. The Morgan fingerprint density at radius 2 is 2.14 bits per heavy atom. The van der Waals surface area contributed by atoms with Crippen molar-refractivity contribution in [3.8, 4) is 0 Å². The van der Waals surface area contributed by atoms with Crippen molar-refractivity contribution < 1.29 is 9.90 Å². The van der Waals surface area contributed by atoms with Crippen LogP contribution in [0.2, 0.25) is 0 Å². The molecule has 22 heavy (non-hydrogen) atoms. The highest BCUT2D eigenvalue weighted by atomic mass is 16.4. The van der Waals surface area contributed by atoms with Crippen LogP contribution < -0.4 is 0 Å². The largest absolute Gasteiger partial charge is 0.481 e. The van der Waals surface area contributed by atoms with Crippen LogP contribution in [0.25, 0.3) is 0 Å². The molecule has 2 nitrogen and oxygen atoms in total. The van der Waals surface area contributed by atoms with E-state index in [1.165, 1.54) is 32.1 Å². The molecule has 8 atom stereocenters. The summed E-state index contributed by atoms with van der Waals surface area (Å²) in [5, 5.41) is 9.83. The van der Waals surface area contributed by atoms with Crippen LogP contribution in [0.15, 0.2) is 12.2 Å². The van der Waals surface area contributed by atoms with Crippen molar-refractivity contribution in [3.05, 3.63) is 12.2 Å². The topological polar surface area (TPSA) is 37.3 Å². The first kappa shape index (κ1) is 14.8. The van der Waals surface area contributed by atoms with Crippen LogP contribution in [-0.4, -0.2) is 11.1 Å². The Morgan fingerprint density at radius 3 is 2.82 bits per heavy atom. The quantitative estimate of drug-likeness (QED) is 0.587. The first-order chi connectivity index (χ1) is 10.5. The molecule has 0 aromatic heterocycles. The molecule has 122 valence electrons. The lowest BCUT2D eigenvalue weighted by molar-refractivity contribution is -0.157. The number of allylic oxidation sites excluding steroid dienone is 2. The SMILES string of the molecule is CCCCC(C)C12C3C=CC(C3)C1C1CC2CC1(C)C(=O)O. The molecule has 0 radical (unpaired) electrons. The fraction of sp³-hybridized carbons (Fsp3) is 0.850. The van der Waals surface area contributed by atoms with E-state index in [0.29, 0.717) is 29.1 Å². The average molecular weight is 302 g/mol. The Bertz CT molecular complexity index is 524. The third kappa shape index (κ3) is 1.50. The molecule has 3 saturated carbocycles. The summed E-state index contributed by atoms with van der Waals surface area (Å²) in [4.78, 5) is 11.9. The number of carbonyl (C=O) groups is 1. The maximum absolute atomic E-state index is 11.9. The zero-order chi connectivity index (χ0) is 15.7. The molecule has 0 aromatic carbocycles. The van der Waals surface area contributed by atoms with Gasteiger partial charge in [-0.25, -0.2) is 0 Å². The number of unbranched alkanes of at least 4 members (excludes halogenated alkanes) is 1. The lowest BCUT2D eigenvalue weighted by atomic mass is 9.50. The van der Waals surface area contributed by atoms with E-state index in [1.807, 2.05) is 6.92 Å². The Balaban J connectivity index is 1.73. The summed E-state index contributed by atoms with van der Waals surface area (Å²) in [5.41, 5.74) is -0.0180. The van der Waals surface area contributed by atoms with Gasteiger partial charge in [0.15, 0.2) is 0 Å². The number of rotatable bonds is 5.